The van der Waals surface area contributed by atoms with Crippen molar-refractivity contribution in [3.63, 3.8) is 0 Å². The van der Waals surface area contributed by atoms with Crippen LogP contribution in [0.2, 0.25) is 5.02 Å². The summed E-state index contributed by atoms with van der Waals surface area (Å²) in [7, 11) is -3.81. The van der Waals surface area contributed by atoms with Crippen LogP contribution >= 0.6 is 23.2 Å². The summed E-state index contributed by atoms with van der Waals surface area (Å²) in [5.74, 6) is -0.224. The Balaban J connectivity index is 2.14. The lowest BCUT2D eigenvalue weighted by molar-refractivity contribution is 0.400. The summed E-state index contributed by atoms with van der Waals surface area (Å²) < 4.78 is 42.1. The Kier molecular flexibility index (Phi) is 5.01. The van der Waals surface area contributed by atoms with E-state index in [0.717, 1.165) is 11.6 Å². The monoisotopic (exact) mass is 388 g/mol. The quantitative estimate of drug-likeness (QED) is 0.732. The fourth-order valence-corrected chi connectivity index (χ4v) is 4.66. The second kappa shape index (κ2) is 6.88. The molecule has 1 aliphatic heterocycles. The van der Waals surface area contributed by atoms with Gasteiger partial charge in [-0.15, -0.1) is 11.6 Å². The number of para-hydroxylation sites is 1. The molecule has 2 aromatic rings. The Morgan fingerprint density at radius 2 is 1.92 bits per heavy atom. The summed E-state index contributed by atoms with van der Waals surface area (Å²) in [4.78, 5) is 0. The molecule has 0 aliphatic carbocycles. The average molecular weight is 389 g/mol. The number of alkyl halides is 1. The summed E-state index contributed by atoms with van der Waals surface area (Å²) in [6.45, 7) is 0.590. The molecule has 0 aromatic heterocycles. The van der Waals surface area contributed by atoms with E-state index in [9.17, 15) is 12.8 Å². The highest BCUT2D eigenvalue weighted by atomic mass is 35.5. The third-order valence-corrected chi connectivity index (χ3v) is 6.18. The highest BCUT2D eigenvalue weighted by Gasteiger charge is 2.37. The average Bonchev–Trinajstić information content (AvgIpc) is 2.55. The SMILES string of the molecule is O=S1(=O)N(CCCCl)Cc2ccccc2N1c1ccc(F)c(Cl)c1. The van der Waals surface area contributed by atoms with E-state index in [0.29, 0.717) is 30.2 Å². The maximum Gasteiger partial charge on any atom is 0.308 e. The lowest BCUT2D eigenvalue weighted by atomic mass is 10.1. The minimum Gasteiger partial charge on any atom is -0.225 e. The van der Waals surface area contributed by atoms with E-state index in [1.807, 2.05) is 12.1 Å². The van der Waals surface area contributed by atoms with Gasteiger partial charge in [0.05, 0.1) is 16.4 Å². The molecule has 2 aromatic carbocycles. The van der Waals surface area contributed by atoms with Crippen LogP contribution in [-0.4, -0.2) is 25.1 Å². The molecule has 0 saturated heterocycles. The molecule has 0 fully saturated rings. The minimum absolute atomic E-state index is 0.127. The molecule has 0 unspecified atom stereocenters. The molecule has 1 heterocycles. The molecule has 0 bridgehead atoms. The number of hydrogen-bond donors (Lipinski definition) is 0. The third-order valence-electron chi connectivity index (χ3n) is 3.79. The van der Waals surface area contributed by atoms with Crippen molar-refractivity contribution in [1.82, 2.24) is 4.31 Å². The van der Waals surface area contributed by atoms with Crippen LogP contribution in [0.1, 0.15) is 12.0 Å². The van der Waals surface area contributed by atoms with Crippen molar-refractivity contribution in [2.45, 2.75) is 13.0 Å². The lowest BCUT2D eigenvalue weighted by Gasteiger charge is -2.37. The van der Waals surface area contributed by atoms with Gasteiger partial charge in [-0.05, 0) is 36.2 Å². The van der Waals surface area contributed by atoms with E-state index in [-0.39, 0.29) is 11.6 Å². The van der Waals surface area contributed by atoms with Crippen molar-refractivity contribution >= 4 is 44.8 Å². The molecule has 4 nitrogen and oxygen atoms in total. The molecule has 0 atom stereocenters. The summed E-state index contributed by atoms with van der Waals surface area (Å²) in [5.41, 5.74) is 1.70. The summed E-state index contributed by atoms with van der Waals surface area (Å²) >= 11 is 11.6. The molecule has 0 saturated carbocycles. The topological polar surface area (TPSA) is 40.6 Å². The van der Waals surface area contributed by atoms with E-state index >= 15 is 0 Å². The van der Waals surface area contributed by atoms with Crippen molar-refractivity contribution < 1.29 is 12.8 Å². The van der Waals surface area contributed by atoms with Crippen LogP contribution in [0, 0.1) is 5.82 Å². The zero-order valence-corrected chi connectivity index (χ0v) is 15.0. The van der Waals surface area contributed by atoms with E-state index in [2.05, 4.69) is 0 Å². The first-order valence-corrected chi connectivity index (χ1v) is 9.65. The summed E-state index contributed by atoms with van der Waals surface area (Å²) in [5, 5.41) is -0.127. The normalized spacial score (nSPS) is 16.9. The Labute approximate surface area is 150 Å². The van der Waals surface area contributed by atoms with Gasteiger partial charge in [-0.2, -0.15) is 12.7 Å². The van der Waals surface area contributed by atoms with Gasteiger partial charge in [0.2, 0.25) is 0 Å². The molecular weight excluding hydrogens is 374 g/mol. The Morgan fingerprint density at radius 1 is 1.17 bits per heavy atom. The van der Waals surface area contributed by atoms with Gasteiger partial charge < -0.3 is 0 Å². The molecule has 1 aliphatic rings. The lowest BCUT2D eigenvalue weighted by Crippen LogP contribution is -2.45. The molecule has 0 spiro atoms. The van der Waals surface area contributed by atoms with Crippen LogP contribution in [0.25, 0.3) is 0 Å². The summed E-state index contributed by atoms with van der Waals surface area (Å²) in [6, 6.07) is 11.1. The molecule has 24 heavy (non-hydrogen) atoms. The number of anilines is 2. The van der Waals surface area contributed by atoms with Crippen molar-refractivity contribution in [1.29, 1.82) is 0 Å². The van der Waals surface area contributed by atoms with E-state index in [1.54, 1.807) is 12.1 Å². The third kappa shape index (κ3) is 3.11. The Bertz CT molecular complexity index is 861. The second-order valence-corrected chi connectivity index (χ2v) is 7.94. The first-order chi connectivity index (χ1) is 11.4. The number of hydrogen-bond acceptors (Lipinski definition) is 2. The Morgan fingerprint density at radius 3 is 2.62 bits per heavy atom. The van der Waals surface area contributed by atoms with Crippen molar-refractivity contribution in [2.75, 3.05) is 16.7 Å². The fourth-order valence-electron chi connectivity index (χ4n) is 2.67. The largest absolute Gasteiger partial charge is 0.308 e. The number of nitrogens with zero attached hydrogens (tertiary/aromatic N) is 2. The second-order valence-electron chi connectivity index (χ2n) is 5.38. The van der Waals surface area contributed by atoms with Gasteiger partial charge >= 0.3 is 10.2 Å². The molecule has 128 valence electrons. The van der Waals surface area contributed by atoms with Crippen LogP contribution in [0.5, 0.6) is 0 Å². The first kappa shape index (κ1) is 17.5. The van der Waals surface area contributed by atoms with Gasteiger partial charge in [0.1, 0.15) is 5.82 Å². The predicted molar refractivity (Wildman–Crippen MR) is 94.7 cm³/mol. The fraction of sp³-hybridized carbons (Fsp3) is 0.250. The van der Waals surface area contributed by atoms with Gasteiger partial charge in [0.25, 0.3) is 0 Å². The molecule has 0 N–H and O–H groups in total. The van der Waals surface area contributed by atoms with E-state index < -0.39 is 16.0 Å². The van der Waals surface area contributed by atoms with Crippen LogP contribution < -0.4 is 4.31 Å². The Hall–Kier alpha value is -1.34. The minimum atomic E-state index is -3.81. The molecule has 0 radical (unpaired) electrons. The van der Waals surface area contributed by atoms with Gasteiger partial charge in [0, 0.05) is 19.0 Å². The van der Waals surface area contributed by atoms with Gasteiger partial charge in [0.15, 0.2) is 0 Å². The number of benzene rings is 2. The van der Waals surface area contributed by atoms with Crippen molar-refractivity contribution in [3.05, 3.63) is 58.9 Å². The van der Waals surface area contributed by atoms with Crippen molar-refractivity contribution in [3.8, 4) is 0 Å². The number of fused-ring (bicyclic) bond motifs is 1. The number of halogens is 3. The first-order valence-electron chi connectivity index (χ1n) is 7.34. The molecular formula is C16H15Cl2FN2O2S. The summed E-state index contributed by atoms with van der Waals surface area (Å²) in [6.07, 6.45) is 0.543. The smallest absolute Gasteiger partial charge is 0.225 e. The standard InChI is InChI=1S/C16H15Cl2FN2O2S/c17-8-3-9-20-11-12-4-1-2-5-16(12)21(24(20,22)23)13-6-7-15(19)14(18)10-13/h1-2,4-7,10H,3,8-9,11H2. The van der Waals surface area contributed by atoms with Crippen LogP contribution in [0.15, 0.2) is 42.5 Å². The van der Waals surface area contributed by atoms with E-state index in [4.69, 9.17) is 23.2 Å². The molecule has 8 heteroatoms. The highest BCUT2D eigenvalue weighted by molar-refractivity contribution is 7.90. The van der Waals surface area contributed by atoms with Crippen LogP contribution in [0.4, 0.5) is 15.8 Å². The highest BCUT2D eigenvalue weighted by Crippen LogP contribution is 2.39. The maximum atomic E-state index is 13.5. The number of rotatable bonds is 4. The van der Waals surface area contributed by atoms with Crippen molar-refractivity contribution in [2.24, 2.45) is 0 Å². The zero-order chi connectivity index (χ0) is 17.3. The van der Waals surface area contributed by atoms with Gasteiger partial charge in [-0.25, -0.2) is 8.70 Å². The molecule has 3 rings (SSSR count). The van der Waals surface area contributed by atoms with Crippen LogP contribution in [-0.2, 0) is 16.8 Å². The zero-order valence-electron chi connectivity index (χ0n) is 12.6. The molecule has 0 amide bonds. The maximum absolute atomic E-state index is 13.5. The van der Waals surface area contributed by atoms with Gasteiger partial charge in [-0.1, -0.05) is 29.8 Å². The van der Waals surface area contributed by atoms with E-state index in [1.165, 1.54) is 20.7 Å². The van der Waals surface area contributed by atoms with Crippen LogP contribution in [0.3, 0.4) is 0 Å². The van der Waals surface area contributed by atoms with Gasteiger partial charge in [-0.3, -0.25) is 0 Å². The predicted octanol–water partition coefficient (Wildman–Crippen LogP) is 4.31.